The number of methoxy groups -OCH3 is 1. The number of thioether (sulfide) groups is 1. The van der Waals surface area contributed by atoms with Crippen LogP contribution >= 0.6 is 23.4 Å². The molecule has 2 heterocycles. The van der Waals surface area contributed by atoms with Gasteiger partial charge in [0, 0.05) is 22.0 Å². The Bertz CT molecular complexity index is 1880. The van der Waals surface area contributed by atoms with E-state index >= 15 is 0 Å². The SMILES string of the molecule is COc1ccccc1NC(=O)C1=C(C)Nc2nc(SCc3ccccc3F)nn2C1c1ccc(OCc2ccccc2Cl)cc1. The highest BCUT2D eigenvalue weighted by molar-refractivity contribution is 7.98. The molecule has 0 radical (unpaired) electrons. The molecule has 45 heavy (non-hydrogen) atoms. The van der Waals surface area contributed by atoms with E-state index < -0.39 is 6.04 Å². The number of fused-ring (bicyclic) bond motifs is 1. The van der Waals surface area contributed by atoms with Crippen LogP contribution in [-0.2, 0) is 17.2 Å². The number of carbonyl (C=O) groups excluding carboxylic acids is 1. The number of nitrogens with one attached hydrogen (secondary N) is 2. The lowest BCUT2D eigenvalue weighted by molar-refractivity contribution is -0.113. The maximum atomic E-state index is 14.3. The second-order valence-corrected chi connectivity index (χ2v) is 11.6. The van der Waals surface area contributed by atoms with Crippen LogP contribution in [0.15, 0.2) is 113 Å². The van der Waals surface area contributed by atoms with Crippen LogP contribution in [0.25, 0.3) is 0 Å². The van der Waals surface area contributed by atoms with E-state index in [9.17, 15) is 9.18 Å². The molecule has 4 aromatic carbocycles. The highest BCUT2D eigenvalue weighted by Gasteiger charge is 2.34. The first-order valence-corrected chi connectivity index (χ1v) is 15.5. The van der Waals surface area contributed by atoms with Crippen molar-refractivity contribution in [3.63, 3.8) is 0 Å². The van der Waals surface area contributed by atoms with Gasteiger partial charge in [-0.15, -0.1) is 5.10 Å². The molecule has 0 aliphatic carbocycles. The molecule has 1 amide bonds. The predicted molar refractivity (Wildman–Crippen MR) is 174 cm³/mol. The van der Waals surface area contributed by atoms with Gasteiger partial charge in [-0.05, 0) is 54.4 Å². The number of hydrogen-bond acceptors (Lipinski definition) is 7. The fraction of sp³-hybridized carbons (Fsp3) is 0.147. The summed E-state index contributed by atoms with van der Waals surface area (Å²) >= 11 is 7.61. The van der Waals surface area contributed by atoms with Crippen LogP contribution in [0.4, 0.5) is 16.0 Å². The Morgan fingerprint density at radius 3 is 2.47 bits per heavy atom. The standard InChI is InChI=1S/C34H29ClFN5O3S/c1-21-30(32(42)38-28-13-7-8-14-29(28)43-2)31(22-15-17-25(18-16-22)44-19-23-9-3-5-11-26(23)35)41-33(37-21)39-34(40-41)45-20-24-10-4-6-12-27(24)36/h3-18,31H,19-20H2,1-2H3,(H,38,42)(H,37,39,40). The first kappa shape index (κ1) is 30.2. The number of hydrogen-bond donors (Lipinski definition) is 2. The van der Waals surface area contributed by atoms with Crippen molar-refractivity contribution in [2.75, 3.05) is 17.7 Å². The molecule has 1 atom stereocenters. The zero-order chi connectivity index (χ0) is 31.3. The van der Waals surface area contributed by atoms with Gasteiger partial charge >= 0.3 is 0 Å². The third kappa shape index (κ3) is 6.67. The second-order valence-electron chi connectivity index (χ2n) is 10.2. The number of rotatable bonds is 10. The molecule has 11 heteroatoms. The number of aromatic nitrogens is 3. The van der Waals surface area contributed by atoms with E-state index in [1.54, 1.807) is 42.1 Å². The van der Waals surface area contributed by atoms with E-state index in [0.717, 1.165) is 11.1 Å². The molecule has 8 nitrogen and oxygen atoms in total. The molecule has 1 aliphatic rings. The highest BCUT2D eigenvalue weighted by Crippen LogP contribution is 2.38. The minimum absolute atomic E-state index is 0.283. The van der Waals surface area contributed by atoms with Crippen LogP contribution < -0.4 is 20.1 Å². The molecule has 0 spiro atoms. The average molecular weight is 642 g/mol. The largest absolute Gasteiger partial charge is 0.495 e. The number of nitrogens with zero attached hydrogens (tertiary/aromatic N) is 3. The smallest absolute Gasteiger partial charge is 0.255 e. The third-order valence-corrected chi connectivity index (χ3v) is 8.55. The van der Waals surface area contributed by atoms with E-state index in [0.29, 0.717) is 62.5 Å². The van der Waals surface area contributed by atoms with E-state index in [4.69, 9.17) is 26.2 Å². The molecule has 1 aliphatic heterocycles. The molecule has 0 saturated heterocycles. The van der Waals surface area contributed by atoms with E-state index in [-0.39, 0.29) is 11.7 Å². The van der Waals surface area contributed by atoms with Crippen molar-refractivity contribution in [1.29, 1.82) is 0 Å². The minimum Gasteiger partial charge on any atom is -0.495 e. The van der Waals surface area contributed by atoms with Gasteiger partial charge in [0.15, 0.2) is 0 Å². The van der Waals surface area contributed by atoms with Crippen molar-refractivity contribution < 1.29 is 18.7 Å². The molecule has 1 unspecified atom stereocenters. The van der Waals surface area contributed by atoms with Crippen LogP contribution in [0.3, 0.4) is 0 Å². The summed E-state index contributed by atoms with van der Waals surface area (Å²) in [6.45, 7) is 2.14. The van der Waals surface area contributed by atoms with Gasteiger partial charge in [-0.1, -0.05) is 84.0 Å². The third-order valence-electron chi connectivity index (χ3n) is 7.30. The van der Waals surface area contributed by atoms with E-state index in [1.807, 2.05) is 67.6 Å². The quantitative estimate of drug-likeness (QED) is 0.150. The molecule has 5 aromatic rings. The number of allylic oxidation sites excluding steroid dienone is 1. The van der Waals surface area contributed by atoms with Gasteiger partial charge in [0.2, 0.25) is 11.1 Å². The Morgan fingerprint density at radius 2 is 1.71 bits per heavy atom. The van der Waals surface area contributed by atoms with Gasteiger partial charge in [-0.2, -0.15) is 4.98 Å². The molecule has 0 fully saturated rings. The van der Waals surface area contributed by atoms with Gasteiger partial charge in [-0.3, -0.25) is 4.79 Å². The molecule has 0 saturated carbocycles. The van der Waals surface area contributed by atoms with Crippen molar-refractivity contribution in [2.45, 2.75) is 30.5 Å². The van der Waals surface area contributed by atoms with Crippen molar-refractivity contribution in [1.82, 2.24) is 14.8 Å². The van der Waals surface area contributed by atoms with Gasteiger partial charge < -0.3 is 20.1 Å². The van der Waals surface area contributed by atoms with Crippen LogP contribution in [0.5, 0.6) is 11.5 Å². The molecular weight excluding hydrogens is 613 g/mol. The summed E-state index contributed by atoms with van der Waals surface area (Å²) in [4.78, 5) is 18.6. The van der Waals surface area contributed by atoms with E-state index in [1.165, 1.54) is 17.8 Å². The van der Waals surface area contributed by atoms with Crippen molar-refractivity contribution in [3.8, 4) is 11.5 Å². The molecule has 2 N–H and O–H groups in total. The molecule has 6 rings (SSSR count). The fourth-order valence-corrected chi connectivity index (χ4v) is 6.02. The van der Waals surface area contributed by atoms with Crippen molar-refractivity contribution in [3.05, 3.63) is 136 Å². The normalized spacial score (nSPS) is 14.0. The van der Waals surface area contributed by atoms with Crippen LogP contribution in [0.1, 0.15) is 29.7 Å². The molecule has 0 bridgehead atoms. The lowest BCUT2D eigenvalue weighted by atomic mass is 9.95. The summed E-state index contributed by atoms with van der Waals surface area (Å²) in [6.07, 6.45) is 0. The van der Waals surface area contributed by atoms with Gasteiger partial charge in [0.25, 0.3) is 5.91 Å². The van der Waals surface area contributed by atoms with E-state index in [2.05, 4.69) is 15.6 Å². The summed E-state index contributed by atoms with van der Waals surface area (Å²) < 4.78 is 27.4. The first-order chi connectivity index (χ1) is 21.9. The monoisotopic (exact) mass is 641 g/mol. The Hall–Kier alpha value is -4.80. The van der Waals surface area contributed by atoms with Gasteiger partial charge in [0.1, 0.15) is 30.0 Å². The number of ether oxygens (including phenoxy) is 2. The number of carbonyl (C=O) groups is 1. The number of halogens is 2. The Labute approximate surface area is 269 Å². The summed E-state index contributed by atoms with van der Waals surface area (Å²) in [5.74, 6) is 1.41. The lowest BCUT2D eigenvalue weighted by Crippen LogP contribution is -2.31. The topological polar surface area (TPSA) is 90.3 Å². The van der Waals surface area contributed by atoms with Crippen molar-refractivity contribution in [2.24, 2.45) is 0 Å². The molecule has 228 valence electrons. The van der Waals surface area contributed by atoms with Crippen LogP contribution in [0, 0.1) is 5.82 Å². The zero-order valence-electron chi connectivity index (χ0n) is 24.5. The summed E-state index contributed by atoms with van der Waals surface area (Å²) in [6, 6.07) is 28.3. The summed E-state index contributed by atoms with van der Waals surface area (Å²) in [5, 5.41) is 12.1. The Morgan fingerprint density at radius 1 is 1.00 bits per heavy atom. The lowest BCUT2D eigenvalue weighted by Gasteiger charge is -2.29. The Kier molecular flexibility index (Phi) is 9.04. The maximum Gasteiger partial charge on any atom is 0.255 e. The van der Waals surface area contributed by atoms with Gasteiger partial charge in [0.05, 0.1) is 18.4 Å². The average Bonchev–Trinajstić information content (AvgIpc) is 3.46. The van der Waals surface area contributed by atoms with Crippen molar-refractivity contribution >= 4 is 40.9 Å². The predicted octanol–water partition coefficient (Wildman–Crippen LogP) is 7.88. The summed E-state index contributed by atoms with van der Waals surface area (Å²) in [5.41, 5.74) is 3.84. The van der Waals surface area contributed by atoms with Crippen LogP contribution in [-0.4, -0.2) is 27.8 Å². The fourth-order valence-electron chi connectivity index (χ4n) is 5.01. The minimum atomic E-state index is -0.621. The zero-order valence-corrected chi connectivity index (χ0v) is 26.0. The maximum absolute atomic E-state index is 14.3. The highest BCUT2D eigenvalue weighted by atomic mass is 35.5. The summed E-state index contributed by atoms with van der Waals surface area (Å²) in [7, 11) is 1.55. The molecule has 1 aromatic heterocycles. The number of anilines is 2. The van der Waals surface area contributed by atoms with Gasteiger partial charge in [-0.25, -0.2) is 9.07 Å². The number of benzene rings is 4. The second kappa shape index (κ2) is 13.5. The first-order valence-electron chi connectivity index (χ1n) is 14.1. The van der Waals surface area contributed by atoms with Crippen LogP contribution in [0.2, 0.25) is 5.02 Å². The number of amides is 1. The number of para-hydroxylation sites is 2. The Balaban J connectivity index is 1.31. The molecular formula is C34H29ClFN5O3S.